The molecule has 0 radical (unpaired) electrons. The lowest BCUT2D eigenvalue weighted by Crippen LogP contribution is -2.34. The molecule has 11 heavy (non-hydrogen) atoms. The number of nitrogens with one attached hydrogen (secondary N) is 1. The van der Waals surface area contributed by atoms with Crippen LogP contribution >= 0.6 is 0 Å². The summed E-state index contributed by atoms with van der Waals surface area (Å²) in [6.45, 7) is 2.11. The van der Waals surface area contributed by atoms with Gasteiger partial charge in [0.05, 0.1) is 6.61 Å². The molecule has 0 aromatic heterocycles. The summed E-state index contributed by atoms with van der Waals surface area (Å²) in [5.41, 5.74) is 0. The second-order valence-corrected chi connectivity index (χ2v) is 2.41. The van der Waals surface area contributed by atoms with E-state index in [4.69, 9.17) is 4.74 Å². The Balaban J connectivity index is 2.37. The average Bonchev–Trinajstić information content (AvgIpc) is 2.36. The number of carbonyl (C=O) groups is 2. The van der Waals surface area contributed by atoms with E-state index >= 15 is 0 Å². The van der Waals surface area contributed by atoms with Crippen LogP contribution in [0.15, 0.2) is 0 Å². The molecule has 1 N–H and O–H groups in total. The van der Waals surface area contributed by atoms with E-state index in [2.05, 4.69) is 5.32 Å². The third-order valence-electron chi connectivity index (χ3n) is 1.57. The zero-order valence-electron chi connectivity index (χ0n) is 6.42. The zero-order chi connectivity index (χ0) is 8.27. The predicted molar refractivity (Wildman–Crippen MR) is 37.8 cm³/mol. The van der Waals surface area contributed by atoms with Crippen molar-refractivity contribution in [2.24, 2.45) is 0 Å². The standard InChI is InChI=1S/C7H11NO3/c1-2-11-7(10)5-3-4-6(9)8-5/h5H,2-4H2,1H3,(H,8,9). The Bertz CT molecular complexity index is 179. The number of ether oxygens (including phenoxy) is 1. The van der Waals surface area contributed by atoms with E-state index in [1.807, 2.05) is 0 Å². The maximum absolute atomic E-state index is 11.0. The van der Waals surface area contributed by atoms with Crippen LogP contribution in [0.5, 0.6) is 0 Å². The van der Waals surface area contributed by atoms with Crippen LogP contribution in [0.2, 0.25) is 0 Å². The molecule has 0 aromatic rings. The molecule has 4 heteroatoms. The van der Waals surface area contributed by atoms with E-state index in [1.165, 1.54) is 0 Å². The van der Waals surface area contributed by atoms with Crippen molar-refractivity contribution in [2.45, 2.75) is 25.8 Å². The van der Waals surface area contributed by atoms with Crippen LogP contribution < -0.4 is 5.32 Å². The zero-order valence-corrected chi connectivity index (χ0v) is 6.42. The van der Waals surface area contributed by atoms with Crippen LogP contribution in [0.1, 0.15) is 19.8 Å². The fourth-order valence-corrected chi connectivity index (χ4v) is 1.03. The molecular formula is C7H11NO3. The fourth-order valence-electron chi connectivity index (χ4n) is 1.03. The molecule has 1 unspecified atom stereocenters. The molecule has 0 saturated carbocycles. The lowest BCUT2D eigenvalue weighted by atomic mass is 10.2. The molecule has 4 nitrogen and oxygen atoms in total. The van der Waals surface area contributed by atoms with Crippen LogP contribution in [0.4, 0.5) is 0 Å². The van der Waals surface area contributed by atoms with Gasteiger partial charge in [-0.25, -0.2) is 4.79 Å². The largest absolute Gasteiger partial charge is 0.464 e. The minimum atomic E-state index is -0.401. The summed E-state index contributed by atoms with van der Waals surface area (Å²) < 4.78 is 4.72. The van der Waals surface area contributed by atoms with Gasteiger partial charge in [-0.1, -0.05) is 0 Å². The number of hydrogen-bond donors (Lipinski definition) is 1. The number of carbonyl (C=O) groups excluding carboxylic acids is 2. The minimum Gasteiger partial charge on any atom is -0.464 e. The summed E-state index contributed by atoms with van der Waals surface area (Å²) in [6.07, 6.45) is 1.00. The Morgan fingerprint density at radius 2 is 2.55 bits per heavy atom. The number of hydrogen-bond acceptors (Lipinski definition) is 3. The van der Waals surface area contributed by atoms with Crippen LogP contribution in [-0.2, 0) is 14.3 Å². The van der Waals surface area contributed by atoms with Crippen molar-refractivity contribution in [1.82, 2.24) is 5.32 Å². The molecule has 0 spiro atoms. The highest BCUT2D eigenvalue weighted by Crippen LogP contribution is 2.07. The van der Waals surface area contributed by atoms with Crippen molar-refractivity contribution in [1.29, 1.82) is 0 Å². The van der Waals surface area contributed by atoms with Crippen molar-refractivity contribution in [3.05, 3.63) is 0 Å². The summed E-state index contributed by atoms with van der Waals surface area (Å²) in [4.78, 5) is 21.6. The van der Waals surface area contributed by atoms with Gasteiger partial charge in [-0.2, -0.15) is 0 Å². The van der Waals surface area contributed by atoms with Gasteiger partial charge in [-0.05, 0) is 13.3 Å². The first kappa shape index (κ1) is 8.04. The molecule has 62 valence electrons. The van der Waals surface area contributed by atoms with E-state index in [0.29, 0.717) is 19.4 Å². The Morgan fingerprint density at radius 3 is 3.00 bits per heavy atom. The quantitative estimate of drug-likeness (QED) is 0.566. The van der Waals surface area contributed by atoms with Gasteiger partial charge in [0, 0.05) is 6.42 Å². The Morgan fingerprint density at radius 1 is 1.82 bits per heavy atom. The molecule has 1 fully saturated rings. The molecule has 1 aliphatic heterocycles. The molecule has 1 amide bonds. The summed E-state index contributed by atoms with van der Waals surface area (Å²) >= 11 is 0. The Hall–Kier alpha value is -1.06. The van der Waals surface area contributed by atoms with Gasteiger partial charge < -0.3 is 10.1 Å². The first-order valence-corrected chi connectivity index (χ1v) is 3.70. The monoisotopic (exact) mass is 157 g/mol. The molecule has 1 saturated heterocycles. The summed E-state index contributed by atoms with van der Waals surface area (Å²) in [6, 6.07) is -0.401. The minimum absolute atomic E-state index is 0.0666. The van der Waals surface area contributed by atoms with Crippen molar-refractivity contribution in [3.8, 4) is 0 Å². The van der Waals surface area contributed by atoms with Gasteiger partial charge >= 0.3 is 5.97 Å². The van der Waals surface area contributed by atoms with E-state index in [-0.39, 0.29) is 11.9 Å². The number of rotatable bonds is 2. The third kappa shape index (κ3) is 1.93. The normalized spacial score (nSPS) is 23.0. The summed E-state index contributed by atoms with van der Waals surface area (Å²) in [7, 11) is 0. The van der Waals surface area contributed by atoms with E-state index in [1.54, 1.807) is 6.92 Å². The van der Waals surface area contributed by atoms with Crippen molar-refractivity contribution in [2.75, 3.05) is 6.61 Å². The molecule has 0 aliphatic carbocycles. The van der Waals surface area contributed by atoms with Crippen molar-refractivity contribution < 1.29 is 14.3 Å². The van der Waals surface area contributed by atoms with Crippen LogP contribution in [-0.4, -0.2) is 24.5 Å². The second-order valence-electron chi connectivity index (χ2n) is 2.41. The summed E-state index contributed by atoms with van der Waals surface area (Å²) in [5.74, 6) is -0.388. The van der Waals surface area contributed by atoms with Crippen LogP contribution in [0.25, 0.3) is 0 Å². The SMILES string of the molecule is CCOC(=O)C1CCC(=O)N1. The van der Waals surface area contributed by atoms with Gasteiger partial charge in [-0.15, -0.1) is 0 Å². The second kappa shape index (κ2) is 3.37. The summed E-state index contributed by atoms with van der Waals surface area (Å²) in [5, 5.41) is 2.52. The highest BCUT2D eigenvalue weighted by Gasteiger charge is 2.27. The van der Waals surface area contributed by atoms with Crippen LogP contribution in [0, 0.1) is 0 Å². The van der Waals surface area contributed by atoms with Crippen LogP contribution in [0.3, 0.4) is 0 Å². The van der Waals surface area contributed by atoms with Gasteiger partial charge in [0.2, 0.25) is 5.91 Å². The Labute approximate surface area is 64.9 Å². The van der Waals surface area contributed by atoms with Crippen molar-refractivity contribution >= 4 is 11.9 Å². The van der Waals surface area contributed by atoms with E-state index < -0.39 is 6.04 Å². The van der Waals surface area contributed by atoms with E-state index in [0.717, 1.165) is 0 Å². The molecule has 1 atom stereocenters. The molecule has 1 rings (SSSR count). The molecule has 0 bridgehead atoms. The maximum Gasteiger partial charge on any atom is 0.328 e. The topological polar surface area (TPSA) is 55.4 Å². The molecule has 0 aromatic carbocycles. The average molecular weight is 157 g/mol. The number of amides is 1. The highest BCUT2D eigenvalue weighted by atomic mass is 16.5. The molecular weight excluding hydrogens is 146 g/mol. The van der Waals surface area contributed by atoms with Gasteiger partial charge in [0.25, 0.3) is 0 Å². The molecule has 1 heterocycles. The lowest BCUT2D eigenvalue weighted by molar-refractivity contribution is -0.145. The predicted octanol–water partition coefficient (Wildman–Crippen LogP) is -0.172. The lowest BCUT2D eigenvalue weighted by Gasteiger charge is -2.07. The number of esters is 1. The maximum atomic E-state index is 11.0. The van der Waals surface area contributed by atoms with Gasteiger partial charge in [0.15, 0.2) is 0 Å². The van der Waals surface area contributed by atoms with Gasteiger partial charge in [0.1, 0.15) is 6.04 Å². The van der Waals surface area contributed by atoms with Crippen molar-refractivity contribution in [3.63, 3.8) is 0 Å². The fraction of sp³-hybridized carbons (Fsp3) is 0.714. The van der Waals surface area contributed by atoms with E-state index in [9.17, 15) is 9.59 Å². The first-order chi connectivity index (χ1) is 5.24. The van der Waals surface area contributed by atoms with Gasteiger partial charge in [-0.3, -0.25) is 4.79 Å². The first-order valence-electron chi connectivity index (χ1n) is 3.70. The third-order valence-corrected chi connectivity index (χ3v) is 1.57. The highest BCUT2D eigenvalue weighted by molar-refractivity contribution is 5.87. The molecule has 1 aliphatic rings. The Kier molecular flexibility index (Phi) is 2.46. The smallest absolute Gasteiger partial charge is 0.328 e.